The van der Waals surface area contributed by atoms with Crippen molar-refractivity contribution in [1.29, 1.82) is 0 Å². The van der Waals surface area contributed by atoms with Gasteiger partial charge in [0.2, 0.25) is 0 Å². The number of aliphatic imine (C=N–C) groups is 1. The molecule has 0 N–H and O–H groups in total. The van der Waals surface area contributed by atoms with Gasteiger partial charge in [-0.25, -0.2) is 0 Å². The molecule has 2 aliphatic rings. The summed E-state index contributed by atoms with van der Waals surface area (Å²) in [5, 5.41) is 0. The molecule has 0 aromatic heterocycles. The quantitative estimate of drug-likeness (QED) is 0.667. The number of fused-ring (bicyclic) bond motifs is 1. The lowest BCUT2D eigenvalue weighted by Crippen LogP contribution is -2.33. The number of rotatable bonds is 1. The summed E-state index contributed by atoms with van der Waals surface area (Å²) in [5.74, 6) is 1.52. The topological polar surface area (TPSA) is 15.4 Å². The smallest absolute Gasteiger partial charge is 0.260 e. The van der Waals surface area contributed by atoms with Crippen LogP contribution in [0.1, 0.15) is 11.1 Å². The second-order valence-electron chi connectivity index (χ2n) is 4.91. The van der Waals surface area contributed by atoms with Crippen molar-refractivity contribution < 1.29 is 4.58 Å². The van der Waals surface area contributed by atoms with Crippen LogP contribution < -0.4 is 0 Å². The Morgan fingerprint density at radius 2 is 2.06 bits per heavy atom. The molecule has 1 aliphatic carbocycles. The third-order valence-electron chi connectivity index (χ3n) is 3.55. The molecule has 2 heteroatoms. The molecule has 0 radical (unpaired) electrons. The second-order valence-corrected chi connectivity index (χ2v) is 4.91. The van der Waals surface area contributed by atoms with Gasteiger partial charge in [0.05, 0.1) is 25.1 Å². The minimum absolute atomic E-state index is 0.438. The summed E-state index contributed by atoms with van der Waals surface area (Å²) in [4.78, 5) is 4.84. The molecule has 1 aromatic carbocycles. The third-order valence-corrected chi connectivity index (χ3v) is 3.55. The van der Waals surface area contributed by atoms with Crippen LogP contribution in [0.2, 0.25) is 0 Å². The van der Waals surface area contributed by atoms with Gasteiger partial charge in [0.15, 0.2) is 5.71 Å². The molecule has 18 heavy (non-hydrogen) atoms. The first-order chi connectivity index (χ1) is 8.75. The van der Waals surface area contributed by atoms with E-state index in [1.165, 1.54) is 16.8 Å². The van der Waals surface area contributed by atoms with E-state index in [9.17, 15) is 0 Å². The summed E-state index contributed by atoms with van der Waals surface area (Å²) in [6.45, 7) is 3.14. The first-order valence-corrected chi connectivity index (χ1v) is 6.33. The number of nitrogens with zero attached hydrogens (tertiary/aromatic N) is 2. The van der Waals surface area contributed by atoms with Gasteiger partial charge in [-0.2, -0.15) is 0 Å². The Hall–Kier alpha value is -1.96. The molecule has 0 bridgehead atoms. The molecule has 1 aliphatic heterocycles. The molecular weight excluding hydrogens is 220 g/mol. The maximum absolute atomic E-state index is 4.84. The maximum atomic E-state index is 4.84. The van der Waals surface area contributed by atoms with E-state index in [1.807, 2.05) is 0 Å². The largest absolute Gasteiger partial charge is 0.325 e. The molecular formula is C16H17N2+. The summed E-state index contributed by atoms with van der Waals surface area (Å²) in [6.07, 6.45) is 8.52. The van der Waals surface area contributed by atoms with Crippen LogP contribution in [0.4, 0.5) is 0 Å². The fourth-order valence-electron chi connectivity index (χ4n) is 2.53. The number of allylic oxidation sites excluding steroid dienone is 3. The zero-order valence-electron chi connectivity index (χ0n) is 10.8. The number of amidine groups is 1. The van der Waals surface area contributed by atoms with Gasteiger partial charge < -0.3 is 0 Å². The van der Waals surface area contributed by atoms with E-state index in [0.717, 1.165) is 12.4 Å². The molecule has 0 saturated heterocycles. The van der Waals surface area contributed by atoms with Crippen molar-refractivity contribution >= 4 is 11.5 Å². The minimum Gasteiger partial charge on any atom is -0.260 e. The highest BCUT2D eigenvalue weighted by Gasteiger charge is 2.29. The van der Waals surface area contributed by atoms with E-state index >= 15 is 0 Å². The highest BCUT2D eigenvalue weighted by atomic mass is 15.1. The van der Waals surface area contributed by atoms with Crippen molar-refractivity contribution in [2.24, 2.45) is 10.9 Å². The summed E-state index contributed by atoms with van der Waals surface area (Å²) >= 11 is 0. The Labute approximate surface area is 108 Å². The average molecular weight is 237 g/mol. The van der Waals surface area contributed by atoms with Crippen molar-refractivity contribution in [3.8, 4) is 0 Å². The van der Waals surface area contributed by atoms with Gasteiger partial charge in [-0.05, 0) is 29.6 Å². The zero-order chi connectivity index (χ0) is 12.5. The van der Waals surface area contributed by atoms with Crippen molar-refractivity contribution in [2.45, 2.75) is 6.92 Å². The molecule has 1 heterocycles. The molecule has 1 aromatic rings. The van der Waals surface area contributed by atoms with Crippen molar-refractivity contribution in [3.05, 3.63) is 59.7 Å². The van der Waals surface area contributed by atoms with Gasteiger partial charge in [-0.1, -0.05) is 36.4 Å². The first kappa shape index (κ1) is 11.1. The fourth-order valence-corrected chi connectivity index (χ4v) is 2.53. The van der Waals surface area contributed by atoms with E-state index < -0.39 is 0 Å². The fraction of sp³-hybridized carbons (Fsp3) is 0.250. The normalized spacial score (nSPS) is 21.9. The van der Waals surface area contributed by atoms with Gasteiger partial charge in [0.25, 0.3) is 0 Å². The summed E-state index contributed by atoms with van der Waals surface area (Å²) < 4.78 is 2.25. The summed E-state index contributed by atoms with van der Waals surface area (Å²) in [6, 6.07) is 8.43. The molecule has 1 atom stereocenters. The number of hydrogen-bond donors (Lipinski definition) is 0. The maximum Gasteiger partial charge on any atom is 0.325 e. The minimum atomic E-state index is 0.438. The van der Waals surface area contributed by atoms with E-state index in [2.05, 4.69) is 67.1 Å². The standard InChI is InChI=1S/C16H17N2/c1-12-7-3-5-9-14(12)16-17-15-10-6-4-8-13(15)11-18(16)2/h3-10,13H,11H2,1-2H3/q+1. The predicted molar refractivity (Wildman–Crippen MR) is 75.5 cm³/mol. The van der Waals surface area contributed by atoms with Gasteiger partial charge >= 0.3 is 5.84 Å². The SMILES string of the molecule is Cc1ccccc1C1=[N+](C)CC2C=CC=CC2=N1. The van der Waals surface area contributed by atoms with E-state index in [4.69, 9.17) is 4.99 Å². The Morgan fingerprint density at radius 3 is 2.89 bits per heavy atom. The van der Waals surface area contributed by atoms with E-state index in [0.29, 0.717) is 5.92 Å². The van der Waals surface area contributed by atoms with Gasteiger partial charge in [-0.3, -0.25) is 4.58 Å². The van der Waals surface area contributed by atoms with Crippen molar-refractivity contribution in [3.63, 3.8) is 0 Å². The second kappa shape index (κ2) is 4.37. The van der Waals surface area contributed by atoms with E-state index in [-0.39, 0.29) is 0 Å². The van der Waals surface area contributed by atoms with Crippen molar-refractivity contribution in [1.82, 2.24) is 0 Å². The molecule has 90 valence electrons. The monoisotopic (exact) mass is 237 g/mol. The Morgan fingerprint density at radius 1 is 1.22 bits per heavy atom. The highest BCUT2D eigenvalue weighted by molar-refractivity contribution is 6.11. The summed E-state index contributed by atoms with van der Waals surface area (Å²) in [5.41, 5.74) is 3.68. The molecule has 1 unspecified atom stereocenters. The first-order valence-electron chi connectivity index (χ1n) is 6.33. The van der Waals surface area contributed by atoms with Crippen LogP contribution in [0.25, 0.3) is 0 Å². The molecule has 0 saturated carbocycles. The zero-order valence-corrected chi connectivity index (χ0v) is 10.8. The Bertz CT molecular complexity index is 603. The van der Waals surface area contributed by atoms with Gasteiger partial charge in [-0.15, -0.1) is 0 Å². The van der Waals surface area contributed by atoms with Crippen LogP contribution in [-0.4, -0.2) is 29.7 Å². The van der Waals surface area contributed by atoms with Crippen LogP contribution in [0.5, 0.6) is 0 Å². The van der Waals surface area contributed by atoms with Crippen LogP contribution in [-0.2, 0) is 0 Å². The molecule has 3 rings (SSSR count). The molecule has 0 spiro atoms. The average Bonchev–Trinajstić information content (AvgIpc) is 2.39. The van der Waals surface area contributed by atoms with E-state index in [1.54, 1.807) is 0 Å². The van der Waals surface area contributed by atoms with Crippen molar-refractivity contribution in [2.75, 3.05) is 13.6 Å². The molecule has 2 nitrogen and oxygen atoms in total. The Balaban J connectivity index is 2.08. The van der Waals surface area contributed by atoms with Gasteiger partial charge in [0.1, 0.15) is 0 Å². The molecule has 0 fully saturated rings. The summed E-state index contributed by atoms with van der Waals surface area (Å²) in [7, 11) is 2.12. The van der Waals surface area contributed by atoms with Gasteiger partial charge in [0, 0.05) is 0 Å². The number of aryl methyl sites for hydroxylation is 1. The number of benzene rings is 1. The van der Waals surface area contributed by atoms with Crippen LogP contribution >= 0.6 is 0 Å². The Kier molecular flexibility index (Phi) is 2.71. The van der Waals surface area contributed by atoms with Crippen LogP contribution in [0.3, 0.4) is 0 Å². The lowest BCUT2D eigenvalue weighted by molar-refractivity contribution is -0.501. The van der Waals surface area contributed by atoms with Crippen LogP contribution in [0, 0.1) is 12.8 Å². The van der Waals surface area contributed by atoms with Crippen LogP contribution in [0.15, 0.2) is 53.6 Å². The lowest BCUT2D eigenvalue weighted by atomic mass is 9.96. The third kappa shape index (κ3) is 1.84. The predicted octanol–water partition coefficient (Wildman–Crippen LogP) is 2.58. The highest BCUT2D eigenvalue weighted by Crippen LogP contribution is 2.18. The lowest BCUT2D eigenvalue weighted by Gasteiger charge is -2.18. The molecule has 0 amide bonds. The number of hydrogen-bond acceptors (Lipinski definition) is 1.